The lowest BCUT2D eigenvalue weighted by Gasteiger charge is -2.23. The van der Waals surface area contributed by atoms with Gasteiger partial charge in [0.05, 0.1) is 4.90 Å². The Morgan fingerprint density at radius 3 is 2.45 bits per heavy atom. The van der Waals surface area contributed by atoms with Crippen LogP contribution in [0.5, 0.6) is 0 Å². The van der Waals surface area contributed by atoms with Crippen LogP contribution in [0, 0.1) is 5.82 Å². The predicted octanol–water partition coefficient (Wildman–Crippen LogP) is 3.10. The number of carbonyl (C=O) groups excluding carboxylic acids is 2. The van der Waals surface area contributed by atoms with E-state index in [1.165, 1.54) is 12.1 Å². The van der Waals surface area contributed by atoms with Gasteiger partial charge in [0, 0.05) is 30.9 Å². The monoisotopic (exact) mass is 447 g/mol. The van der Waals surface area contributed by atoms with E-state index in [-0.39, 0.29) is 17.3 Å². The predicted molar refractivity (Wildman–Crippen MR) is 116 cm³/mol. The molecule has 2 aromatic carbocycles. The smallest absolute Gasteiger partial charge is 0.253 e. The molecule has 0 saturated carbocycles. The largest absolute Gasteiger partial charge is 0.339 e. The minimum Gasteiger partial charge on any atom is -0.339 e. The number of hydrogen-bond acceptors (Lipinski definition) is 4. The van der Waals surface area contributed by atoms with Gasteiger partial charge in [-0.05, 0) is 69.2 Å². The highest BCUT2D eigenvalue weighted by Crippen LogP contribution is 2.27. The van der Waals surface area contributed by atoms with Crippen molar-refractivity contribution in [1.82, 2.24) is 9.21 Å². The Kier molecular flexibility index (Phi) is 7.07. The second-order valence-corrected chi connectivity index (χ2v) is 9.17. The fraction of sp³-hybridized carbons (Fsp3) is 0.364. The van der Waals surface area contributed by atoms with E-state index in [1.807, 2.05) is 13.8 Å². The molecular weight excluding hydrogens is 421 g/mol. The van der Waals surface area contributed by atoms with Crippen LogP contribution in [0.15, 0.2) is 53.4 Å². The maximum atomic E-state index is 13.2. The summed E-state index contributed by atoms with van der Waals surface area (Å²) in [4.78, 5) is 27.1. The van der Waals surface area contributed by atoms with Crippen molar-refractivity contribution in [3.8, 4) is 0 Å². The van der Waals surface area contributed by atoms with E-state index < -0.39 is 27.8 Å². The highest BCUT2D eigenvalue weighted by molar-refractivity contribution is 7.89. The van der Waals surface area contributed by atoms with Crippen molar-refractivity contribution in [3.05, 3.63) is 59.9 Å². The molecule has 2 amide bonds. The van der Waals surface area contributed by atoms with Crippen LogP contribution in [-0.4, -0.2) is 55.1 Å². The Morgan fingerprint density at radius 1 is 1.13 bits per heavy atom. The Balaban J connectivity index is 1.78. The molecule has 0 spiro atoms. The van der Waals surface area contributed by atoms with Crippen LogP contribution >= 0.6 is 0 Å². The first-order valence-electron chi connectivity index (χ1n) is 10.3. The van der Waals surface area contributed by atoms with Crippen molar-refractivity contribution in [2.24, 2.45) is 0 Å². The number of carbonyl (C=O) groups is 2. The van der Waals surface area contributed by atoms with E-state index in [9.17, 15) is 22.4 Å². The average molecular weight is 448 g/mol. The molecule has 0 aliphatic carbocycles. The molecule has 1 fully saturated rings. The van der Waals surface area contributed by atoms with E-state index in [0.29, 0.717) is 37.2 Å². The Hall–Kier alpha value is -2.78. The van der Waals surface area contributed by atoms with Gasteiger partial charge in [-0.3, -0.25) is 9.59 Å². The Morgan fingerprint density at radius 2 is 1.81 bits per heavy atom. The molecule has 7 nitrogen and oxygen atoms in total. The zero-order valence-electron chi connectivity index (χ0n) is 17.5. The Bertz CT molecular complexity index is 1050. The highest BCUT2D eigenvalue weighted by atomic mass is 32.2. The maximum absolute atomic E-state index is 13.2. The van der Waals surface area contributed by atoms with Crippen LogP contribution in [0.1, 0.15) is 37.0 Å². The number of halogens is 1. The summed E-state index contributed by atoms with van der Waals surface area (Å²) in [6.07, 6.45) is 0.920. The summed E-state index contributed by atoms with van der Waals surface area (Å²) in [6.45, 7) is 5.14. The molecule has 2 aromatic rings. The molecule has 1 N–H and O–H groups in total. The minimum atomic E-state index is -3.94. The maximum Gasteiger partial charge on any atom is 0.253 e. The zero-order valence-corrected chi connectivity index (χ0v) is 18.4. The van der Waals surface area contributed by atoms with Crippen molar-refractivity contribution in [3.63, 3.8) is 0 Å². The van der Waals surface area contributed by atoms with Gasteiger partial charge in [-0.25, -0.2) is 12.8 Å². The second-order valence-electron chi connectivity index (χ2n) is 7.28. The number of nitrogens with zero attached hydrogens (tertiary/aromatic N) is 2. The molecule has 9 heteroatoms. The van der Waals surface area contributed by atoms with Gasteiger partial charge in [-0.1, -0.05) is 6.07 Å². The fourth-order valence-electron chi connectivity index (χ4n) is 3.68. The molecule has 0 aromatic heterocycles. The number of amides is 2. The highest BCUT2D eigenvalue weighted by Gasteiger charge is 2.39. The third kappa shape index (κ3) is 4.94. The van der Waals surface area contributed by atoms with Crippen molar-refractivity contribution in [2.45, 2.75) is 37.6 Å². The van der Waals surface area contributed by atoms with Gasteiger partial charge in [-0.15, -0.1) is 0 Å². The molecule has 0 radical (unpaired) electrons. The molecule has 0 bridgehead atoms. The number of nitrogens with one attached hydrogen (secondary N) is 1. The van der Waals surface area contributed by atoms with Gasteiger partial charge < -0.3 is 10.2 Å². The first-order valence-corrected chi connectivity index (χ1v) is 11.7. The molecule has 1 unspecified atom stereocenters. The van der Waals surface area contributed by atoms with Gasteiger partial charge in [-0.2, -0.15) is 4.31 Å². The van der Waals surface area contributed by atoms with E-state index in [4.69, 9.17) is 0 Å². The van der Waals surface area contributed by atoms with Crippen LogP contribution in [0.25, 0.3) is 0 Å². The molecule has 1 aliphatic heterocycles. The summed E-state index contributed by atoms with van der Waals surface area (Å²) in [7, 11) is -3.94. The number of anilines is 1. The molecule has 31 heavy (non-hydrogen) atoms. The summed E-state index contributed by atoms with van der Waals surface area (Å²) in [5.41, 5.74) is 0.873. The van der Waals surface area contributed by atoms with Crippen LogP contribution in [0.4, 0.5) is 10.1 Å². The molecule has 3 rings (SSSR count). The van der Waals surface area contributed by atoms with E-state index in [2.05, 4.69) is 5.32 Å². The SMILES string of the molecule is CCN(CC)C(=O)c1cccc(NC(=O)C2CCCN2S(=O)(=O)c2ccc(F)cc2)c1. The first-order chi connectivity index (χ1) is 14.8. The Labute approximate surface area is 181 Å². The van der Waals surface area contributed by atoms with E-state index in [0.717, 1.165) is 16.4 Å². The van der Waals surface area contributed by atoms with Gasteiger partial charge in [0.15, 0.2) is 0 Å². The molecular formula is C22H26FN3O4S. The standard InChI is InChI=1S/C22H26FN3O4S/c1-3-25(4-2)22(28)16-7-5-8-18(15-16)24-21(27)20-9-6-14-26(20)31(29,30)19-12-10-17(23)11-13-19/h5,7-8,10-13,15,20H,3-4,6,9,14H2,1-2H3,(H,24,27). The van der Waals surface area contributed by atoms with E-state index >= 15 is 0 Å². The number of hydrogen-bond donors (Lipinski definition) is 1. The molecule has 1 heterocycles. The number of sulfonamides is 1. The van der Waals surface area contributed by atoms with Crippen LogP contribution < -0.4 is 5.32 Å². The van der Waals surface area contributed by atoms with Gasteiger partial charge in [0.2, 0.25) is 15.9 Å². The van der Waals surface area contributed by atoms with Gasteiger partial charge in [0.1, 0.15) is 11.9 Å². The van der Waals surface area contributed by atoms with Crippen molar-refractivity contribution in [2.75, 3.05) is 25.0 Å². The van der Waals surface area contributed by atoms with Crippen molar-refractivity contribution < 1.29 is 22.4 Å². The summed E-state index contributed by atoms with van der Waals surface area (Å²) in [5.74, 6) is -1.13. The molecule has 1 aliphatic rings. The summed E-state index contributed by atoms with van der Waals surface area (Å²) in [6, 6.07) is 10.3. The van der Waals surface area contributed by atoms with Crippen molar-refractivity contribution in [1.29, 1.82) is 0 Å². The fourth-order valence-corrected chi connectivity index (χ4v) is 5.34. The topological polar surface area (TPSA) is 86.8 Å². The third-order valence-electron chi connectivity index (χ3n) is 5.35. The first kappa shape index (κ1) is 22.9. The summed E-state index contributed by atoms with van der Waals surface area (Å²) in [5, 5.41) is 2.74. The normalized spacial score (nSPS) is 16.8. The quantitative estimate of drug-likeness (QED) is 0.707. The van der Waals surface area contributed by atoms with E-state index in [1.54, 1.807) is 29.2 Å². The minimum absolute atomic E-state index is 0.0552. The van der Waals surface area contributed by atoms with Crippen LogP contribution in [0.3, 0.4) is 0 Å². The lowest BCUT2D eigenvalue weighted by Crippen LogP contribution is -2.43. The van der Waals surface area contributed by atoms with Crippen molar-refractivity contribution >= 4 is 27.5 Å². The van der Waals surface area contributed by atoms with Gasteiger partial charge >= 0.3 is 0 Å². The lowest BCUT2D eigenvalue weighted by molar-refractivity contribution is -0.119. The average Bonchev–Trinajstić information content (AvgIpc) is 3.26. The third-order valence-corrected chi connectivity index (χ3v) is 7.28. The van der Waals surface area contributed by atoms with Crippen LogP contribution in [0.2, 0.25) is 0 Å². The molecule has 1 saturated heterocycles. The number of rotatable bonds is 7. The summed E-state index contributed by atoms with van der Waals surface area (Å²) >= 11 is 0. The summed E-state index contributed by atoms with van der Waals surface area (Å²) < 4.78 is 40.3. The molecule has 1 atom stereocenters. The molecule has 166 valence electrons. The van der Waals surface area contributed by atoms with Crippen LogP contribution in [-0.2, 0) is 14.8 Å². The second kappa shape index (κ2) is 9.57. The lowest BCUT2D eigenvalue weighted by atomic mass is 10.1. The van der Waals surface area contributed by atoms with Gasteiger partial charge in [0.25, 0.3) is 5.91 Å². The number of benzene rings is 2. The zero-order chi connectivity index (χ0) is 22.6.